The van der Waals surface area contributed by atoms with E-state index in [-0.39, 0.29) is 6.42 Å². The van der Waals surface area contributed by atoms with Gasteiger partial charge in [0.15, 0.2) is 11.7 Å². The van der Waals surface area contributed by atoms with Gasteiger partial charge in [0.05, 0.1) is 12.5 Å². The summed E-state index contributed by atoms with van der Waals surface area (Å²) >= 11 is 0. The number of aliphatic hydroxyl groups excluding tert-OH is 1. The molecule has 3 rings (SSSR count). The molecule has 2 atom stereocenters. The minimum Gasteiger partial charge on any atom is -0.454 e. The summed E-state index contributed by atoms with van der Waals surface area (Å²) in [4.78, 5) is 13.3. The van der Waals surface area contributed by atoms with Crippen molar-refractivity contribution in [1.82, 2.24) is 0 Å². The lowest BCUT2D eigenvalue weighted by molar-refractivity contribution is -0.167. The number of ether oxygens (including phenoxy) is 1. The summed E-state index contributed by atoms with van der Waals surface area (Å²) in [5, 5.41) is 23.3. The Bertz CT molecular complexity index is 1060. The molecule has 0 aliphatic rings. The van der Waals surface area contributed by atoms with Gasteiger partial charge in [-0.25, -0.2) is 0 Å². The van der Waals surface area contributed by atoms with Gasteiger partial charge >= 0.3 is 5.97 Å². The Morgan fingerprint density at radius 1 is 0.886 bits per heavy atom. The third-order valence-corrected chi connectivity index (χ3v) is 6.91. The van der Waals surface area contributed by atoms with Crippen molar-refractivity contribution in [3.8, 4) is 0 Å². The van der Waals surface area contributed by atoms with Crippen LogP contribution < -0.4 is 0 Å². The zero-order valence-electron chi connectivity index (χ0n) is 21.0. The first kappa shape index (κ1) is 26.4. The van der Waals surface area contributed by atoms with Crippen molar-refractivity contribution in [3.05, 3.63) is 119 Å². The van der Waals surface area contributed by atoms with Crippen molar-refractivity contribution < 1.29 is 19.7 Å². The lowest BCUT2D eigenvalue weighted by Crippen LogP contribution is -2.39. The largest absolute Gasteiger partial charge is 0.454 e. The molecule has 35 heavy (non-hydrogen) atoms. The van der Waals surface area contributed by atoms with E-state index in [2.05, 4.69) is 0 Å². The first-order valence-electron chi connectivity index (χ1n) is 12.2. The predicted octanol–water partition coefficient (Wildman–Crippen LogP) is 6.34. The summed E-state index contributed by atoms with van der Waals surface area (Å²) in [6.07, 6.45) is 0.630. The van der Waals surface area contributed by atoms with Gasteiger partial charge in [-0.1, -0.05) is 123 Å². The maximum absolute atomic E-state index is 13.3. The van der Waals surface area contributed by atoms with E-state index in [1.807, 2.05) is 125 Å². The van der Waals surface area contributed by atoms with E-state index in [4.69, 9.17) is 4.74 Å². The number of allylic oxidation sites excluding steroid dienone is 1. The number of carbonyl (C=O) groups is 1. The molecule has 184 valence electrons. The van der Waals surface area contributed by atoms with Crippen molar-refractivity contribution in [2.75, 3.05) is 0 Å². The lowest BCUT2D eigenvalue weighted by atomic mass is 9.76. The Morgan fingerprint density at radius 2 is 1.34 bits per heavy atom. The molecule has 3 aromatic carbocycles. The SMILES string of the molecule is C/C=C(\CC)C(C)(C)C(O)CC(=O)OC(c1ccccc1)C(O)(c1ccccc1)c1ccccc1. The molecule has 0 aliphatic heterocycles. The average Bonchev–Trinajstić information content (AvgIpc) is 2.89. The van der Waals surface area contributed by atoms with Gasteiger partial charge in [0.1, 0.15) is 0 Å². The highest BCUT2D eigenvalue weighted by Gasteiger charge is 2.44. The Balaban J connectivity index is 2.03. The molecule has 4 heteroatoms. The monoisotopic (exact) mass is 472 g/mol. The maximum Gasteiger partial charge on any atom is 0.309 e. The molecule has 0 radical (unpaired) electrons. The predicted molar refractivity (Wildman–Crippen MR) is 140 cm³/mol. The second-order valence-electron chi connectivity index (χ2n) is 9.39. The van der Waals surface area contributed by atoms with Gasteiger partial charge < -0.3 is 14.9 Å². The number of esters is 1. The quantitative estimate of drug-likeness (QED) is 0.267. The Hall–Kier alpha value is -3.21. The van der Waals surface area contributed by atoms with E-state index >= 15 is 0 Å². The van der Waals surface area contributed by atoms with Crippen LogP contribution in [-0.4, -0.2) is 22.3 Å². The van der Waals surface area contributed by atoms with Crippen LogP contribution in [0.15, 0.2) is 103 Å². The fourth-order valence-corrected chi connectivity index (χ4v) is 4.71. The molecule has 0 bridgehead atoms. The third-order valence-electron chi connectivity index (χ3n) is 6.91. The number of aliphatic hydroxyl groups is 2. The first-order chi connectivity index (χ1) is 16.7. The molecular weight excluding hydrogens is 436 g/mol. The smallest absolute Gasteiger partial charge is 0.309 e. The van der Waals surface area contributed by atoms with Crippen LogP contribution in [0, 0.1) is 5.41 Å². The molecule has 0 fully saturated rings. The van der Waals surface area contributed by atoms with E-state index in [0.717, 1.165) is 12.0 Å². The Labute approximate surface area is 208 Å². The van der Waals surface area contributed by atoms with E-state index < -0.39 is 29.2 Å². The molecule has 4 nitrogen and oxygen atoms in total. The molecule has 2 unspecified atom stereocenters. The van der Waals surface area contributed by atoms with Crippen LogP contribution in [-0.2, 0) is 15.1 Å². The summed E-state index contributed by atoms with van der Waals surface area (Å²) in [7, 11) is 0. The summed E-state index contributed by atoms with van der Waals surface area (Å²) < 4.78 is 6.05. The lowest BCUT2D eigenvalue weighted by Gasteiger charge is -2.38. The number of hydrogen-bond donors (Lipinski definition) is 2. The third kappa shape index (κ3) is 5.72. The Morgan fingerprint density at radius 3 is 1.77 bits per heavy atom. The maximum atomic E-state index is 13.3. The highest BCUT2D eigenvalue weighted by atomic mass is 16.6. The topological polar surface area (TPSA) is 66.8 Å². The summed E-state index contributed by atoms with van der Waals surface area (Å²) in [5.74, 6) is -0.573. The number of carbonyl (C=O) groups excluding carboxylic acids is 1. The molecule has 3 aromatic rings. The first-order valence-corrected chi connectivity index (χ1v) is 12.2. The van der Waals surface area contributed by atoms with Gasteiger partial charge in [-0.05, 0) is 30.0 Å². The number of rotatable bonds is 10. The summed E-state index contributed by atoms with van der Waals surface area (Å²) in [6, 6.07) is 27.7. The van der Waals surface area contributed by atoms with Gasteiger partial charge in [-0.15, -0.1) is 0 Å². The van der Waals surface area contributed by atoms with Gasteiger partial charge in [0.25, 0.3) is 0 Å². The van der Waals surface area contributed by atoms with E-state index in [1.54, 1.807) is 0 Å². The zero-order valence-corrected chi connectivity index (χ0v) is 21.0. The average molecular weight is 473 g/mol. The molecule has 0 saturated carbocycles. The van der Waals surface area contributed by atoms with Crippen LogP contribution in [0.5, 0.6) is 0 Å². The number of benzene rings is 3. The van der Waals surface area contributed by atoms with Crippen molar-refractivity contribution >= 4 is 5.97 Å². The van der Waals surface area contributed by atoms with Gasteiger partial charge in [0.2, 0.25) is 0 Å². The normalized spacial score (nSPS) is 14.3. The van der Waals surface area contributed by atoms with Crippen LogP contribution in [0.1, 0.15) is 63.3 Å². The zero-order chi connectivity index (χ0) is 25.5. The van der Waals surface area contributed by atoms with Crippen molar-refractivity contribution in [2.45, 2.75) is 58.3 Å². The van der Waals surface area contributed by atoms with E-state index in [0.29, 0.717) is 16.7 Å². The van der Waals surface area contributed by atoms with Crippen LogP contribution in [0.25, 0.3) is 0 Å². The second-order valence-corrected chi connectivity index (χ2v) is 9.39. The molecule has 0 saturated heterocycles. The fraction of sp³-hybridized carbons (Fsp3) is 0.323. The van der Waals surface area contributed by atoms with Crippen molar-refractivity contribution in [3.63, 3.8) is 0 Å². The van der Waals surface area contributed by atoms with Crippen LogP contribution in [0.3, 0.4) is 0 Å². The minimum absolute atomic E-state index is 0.187. The van der Waals surface area contributed by atoms with Gasteiger partial charge in [0, 0.05) is 5.41 Å². The fourth-order valence-electron chi connectivity index (χ4n) is 4.71. The van der Waals surface area contributed by atoms with Gasteiger partial charge in [-0.3, -0.25) is 4.79 Å². The van der Waals surface area contributed by atoms with E-state index in [1.165, 1.54) is 0 Å². The standard InChI is InChI=1S/C31H36O4/c1-5-24(6-2)30(3,4)27(32)22-28(33)35-29(23-16-10-7-11-17-23)31(34,25-18-12-8-13-19-25)26-20-14-9-15-21-26/h5,7-21,27,29,32,34H,6,22H2,1-4H3/b24-5+. The van der Waals surface area contributed by atoms with Crippen molar-refractivity contribution in [1.29, 1.82) is 0 Å². The van der Waals surface area contributed by atoms with Gasteiger partial charge in [-0.2, -0.15) is 0 Å². The number of hydrogen-bond acceptors (Lipinski definition) is 4. The highest BCUT2D eigenvalue weighted by Crippen LogP contribution is 2.44. The molecule has 2 N–H and O–H groups in total. The Kier molecular flexibility index (Phi) is 8.66. The van der Waals surface area contributed by atoms with Crippen molar-refractivity contribution in [2.24, 2.45) is 5.41 Å². The molecule has 0 spiro atoms. The highest BCUT2D eigenvalue weighted by molar-refractivity contribution is 5.71. The second kappa shape index (κ2) is 11.5. The van der Waals surface area contributed by atoms with Crippen LogP contribution >= 0.6 is 0 Å². The summed E-state index contributed by atoms with van der Waals surface area (Å²) in [6.45, 7) is 7.84. The minimum atomic E-state index is -1.64. The van der Waals surface area contributed by atoms with Crippen LogP contribution in [0.2, 0.25) is 0 Å². The molecular formula is C31H36O4. The molecule has 0 aromatic heterocycles. The molecule has 0 amide bonds. The molecule has 0 heterocycles. The van der Waals surface area contributed by atoms with E-state index in [9.17, 15) is 15.0 Å². The molecule has 0 aliphatic carbocycles. The van der Waals surface area contributed by atoms with Crippen LogP contribution in [0.4, 0.5) is 0 Å². The summed E-state index contributed by atoms with van der Waals surface area (Å²) in [5.41, 5.74) is 0.722.